The SMILES string of the molecule is Cc1cc(/C(C=C(c2ccccc2)c2ccccc2)=N/O)cc(C)n1. The lowest BCUT2D eigenvalue weighted by molar-refractivity contribution is 0.320. The van der Waals surface area contributed by atoms with Gasteiger partial charge in [0.2, 0.25) is 0 Å². The minimum atomic E-state index is 0.510. The van der Waals surface area contributed by atoms with Crippen LogP contribution >= 0.6 is 0 Å². The molecule has 1 aromatic heterocycles. The molecule has 1 N–H and O–H groups in total. The molecule has 3 nitrogen and oxygen atoms in total. The first kappa shape index (κ1) is 16.7. The maximum Gasteiger partial charge on any atom is 0.110 e. The van der Waals surface area contributed by atoms with Crippen molar-refractivity contribution in [2.24, 2.45) is 5.16 Å². The van der Waals surface area contributed by atoms with Crippen LogP contribution in [-0.2, 0) is 0 Å². The van der Waals surface area contributed by atoms with Crippen LogP contribution in [0.25, 0.3) is 5.57 Å². The summed E-state index contributed by atoms with van der Waals surface area (Å²) in [5.41, 5.74) is 6.28. The number of benzene rings is 2. The zero-order valence-electron chi connectivity index (χ0n) is 14.3. The summed E-state index contributed by atoms with van der Waals surface area (Å²) >= 11 is 0. The van der Waals surface area contributed by atoms with Crippen LogP contribution in [0.1, 0.15) is 28.1 Å². The Morgan fingerprint density at radius 3 is 1.72 bits per heavy atom. The predicted octanol–water partition coefficient (Wildman–Crippen LogP) is 5.01. The normalized spacial score (nSPS) is 11.2. The lowest BCUT2D eigenvalue weighted by Gasteiger charge is -2.10. The number of oxime groups is 1. The van der Waals surface area contributed by atoms with Gasteiger partial charge in [-0.3, -0.25) is 4.98 Å². The third kappa shape index (κ3) is 4.01. The second-order valence-corrected chi connectivity index (χ2v) is 5.91. The molecule has 0 fully saturated rings. The minimum absolute atomic E-state index is 0.510. The van der Waals surface area contributed by atoms with Crippen molar-refractivity contribution in [1.82, 2.24) is 4.98 Å². The van der Waals surface area contributed by atoms with E-state index in [1.54, 1.807) is 0 Å². The van der Waals surface area contributed by atoms with Gasteiger partial charge in [0.25, 0.3) is 0 Å². The number of aryl methyl sites for hydroxylation is 2. The van der Waals surface area contributed by atoms with Crippen LogP contribution in [0.15, 0.2) is 84.0 Å². The fourth-order valence-electron chi connectivity index (χ4n) is 2.86. The van der Waals surface area contributed by atoms with Crippen molar-refractivity contribution in [2.45, 2.75) is 13.8 Å². The second-order valence-electron chi connectivity index (χ2n) is 5.91. The van der Waals surface area contributed by atoms with E-state index in [1.807, 2.05) is 68.5 Å². The van der Waals surface area contributed by atoms with E-state index in [4.69, 9.17) is 0 Å². The fraction of sp³-hybridized carbons (Fsp3) is 0.0909. The second kappa shape index (κ2) is 7.58. The zero-order chi connectivity index (χ0) is 17.6. The summed E-state index contributed by atoms with van der Waals surface area (Å²) in [6.45, 7) is 3.87. The Morgan fingerprint density at radius 2 is 1.28 bits per heavy atom. The van der Waals surface area contributed by atoms with Crippen molar-refractivity contribution in [3.05, 3.63) is 107 Å². The summed E-state index contributed by atoms with van der Waals surface area (Å²) in [5, 5.41) is 13.2. The standard InChI is InChI=1S/C22H20N2O/c1-16-13-20(14-17(2)23-16)22(24-25)15-21(18-9-5-3-6-10-18)19-11-7-4-8-12-19/h3-15,25H,1-2H3/b24-22+. The summed E-state index contributed by atoms with van der Waals surface area (Å²) in [6, 6.07) is 24.0. The van der Waals surface area contributed by atoms with Crippen molar-refractivity contribution in [1.29, 1.82) is 0 Å². The number of rotatable bonds is 4. The Morgan fingerprint density at radius 1 is 0.800 bits per heavy atom. The van der Waals surface area contributed by atoms with Crippen molar-refractivity contribution in [2.75, 3.05) is 0 Å². The summed E-state index contributed by atoms with van der Waals surface area (Å²) in [6.07, 6.45) is 1.92. The molecule has 0 atom stereocenters. The maximum absolute atomic E-state index is 9.63. The van der Waals surface area contributed by atoms with Crippen molar-refractivity contribution < 1.29 is 5.21 Å². The predicted molar refractivity (Wildman–Crippen MR) is 102 cm³/mol. The highest BCUT2D eigenvalue weighted by Crippen LogP contribution is 2.24. The smallest absolute Gasteiger partial charge is 0.110 e. The van der Waals surface area contributed by atoms with Crippen molar-refractivity contribution >= 4 is 11.3 Å². The molecule has 1 heterocycles. The van der Waals surface area contributed by atoms with Gasteiger partial charge in [-0.25, -0.2) is 0 Å². The molecule has 3 heteroatoms. The number of pyridine rings is 1. The molecule has 0 saturated heterocycles. The number of nitrogens with zero attached hydrogens (tertiary/aromatic N) is 2. The first-order chi connectivity index (χ1) is 12.2. The molecule has 0 unspecified atom stereocenters. The van der Waals surface area contributed by atoms with E-state index in [1.165, 1.54) is 0 Å². The largest absolute Gasteiger partial charge is 0.410 e. The Kier molecular flexibility index (Phi) is 5.05. The van der Waals surface area contributed by atoms with E-state index >= 15 is 0 Å². The fourth-order valence-corrected chi connectivity index (χ4v) is 2.86. The Hall–Kier alpha value is -3.20. The molecule has 0 amide bonds. The topological polar surface area (TPSA) is 45.5 Å². The van der Waals surface area contributed by atoms with E-state index in [-0.39, 0.29) is 0 Å². The van der Waals surface area contributed by atoms with Gasteiger partial charge < -0.3 is 5.21 Å². The van der Waals surface area contributed by atoms with Gasteiger partial charge in [0.05, 0.1) is 0 Å². The minimum Gasteiger partial charge on any atom is -0.410 e. The molecular formula is C22H20N2O. The molecular weight excluding hydrogens is 308 g/mol. The van der Waals surface area contributed by atoms with Gasteiger partial charge in [0.15, 0.2) is 0 Å². The van der Waals surface area contributed by atoms with E-state index in [2.05, 4.69) is 34.4 Å². The summed E-state index contributed by atoms with van der Waals surface area (Å²) < 4.78 is 0. The first-order valence-corrected chi connectivity index (χ1v) is 8.17. The average molecular weight is 328 g/mol. The lowest BCUT2D eigenvalue weighted by Crippen LogP contribution is -2.02. The number of hydrogen-bond donors (Lipinski definition) is 1. The average Bonchev–Trinajstić information content (AvgIpc) is 2.63. The Balaban J connectivity index is 2.14. The van der Waals surface area contributed by atoms with Crippen LogP contribution in [0.5, 0.6) is 0 Å². The lowest BCUT2D eigenvalue weighted by atomic mass is 9.95. The quantitative estimate of drug-likeness (QED) is 0.416. The molecule has 0 spiro atoms. The molecule has 0 aliphatic heterocycles. The molecule has 0 aliphatic rings. The summed E-state index contributed by atoms with van der Waals surface area (Å²) in [4.78, 5) is 4.39. The van der Waals surface area contributed by atoms with Gasteiger partial charge in [0, 0.05) is 17.0 Å². The first-order valence-electron chi connectivity index (χ1n) is 8.17. The maximum atomic E-state index is 9.63. The van der Waals surface area contributed by atoms with Gasteiger partial charge >= 0.3 is 0 Å². The monoisotopic (exact) mass is 328 g/mol. The van der Waals surface area contributed by atoms with Crippen LogP contribution < -0.4 is 0 Å². The molecule has 3 aromatic rings. The Bertz CT molecular complexity index is 852. The van der Waals surface area contributed by atoms with Gasteiger partial charge in [-0.1, -0.05) is 65.8 Å². The molecule has 2 aromatic carbocycles. The summed E-state index contributed by atoms with van der Waals surface area (Å²) in [5.74, 6) is 0. The third-order valence-electron chi connectivity index (χ3n) is 3.94. The molecule has 124 valence electrons. The van der Waals surface area contributed by atoms with Gasteiger partial charge in [-0.2, -0.15) is 0 Å². The van der Waals surface area contributed by atoms with Crippen LogP contribution in [0.2, 0.25) is 0 Å². The van der Waals surface area contributed by atoms with Gasteiger partial charge in [0.1, 0.15) is 5.71 Å². The van der Waals surface area contributed by atoms with Gasteiger partial charge in [-0.15, -0.1) is 0 Å². The molecule has 25 heavy (non-hydrogen) atoms. The van der Waals surface area contributed by atoms with Crippen LogP contribution in [-0.4, -0.2) is 15.9 Å². The highest BCUT2D eigenvalue weighted by Gasteiger charge is 2.10. The highest BCUT2D eigenvalue weighted by molar-refractivity contribution is 6.13. The zero-order valence-corrected chi connectivity index (χ0v) is 14.3. The van der Waals surface area contributed by atoms with Crippen molar-refractivity contribution in [3.8, 4) is 0 Å². The summed E-state index contributed by atoms with van der Waals surface area (Å²) in [7, 11) is 0. The molecule has 0 aliphatic carbocycles. The van der Waals surface area contributed by atoms with Crippen LogP contribution in [0.3, 0.4) is 0 Å². The highest BCUT2D eigenvalue weighted by atomic mass is 16.4. The van der Waals surface area contributed by atoms with E-state index in [0.717, 1.165) is 33.7 Å². The number of allylic oxidation sites excluding steroid dienone is 1. The van der Waals surface area contributed by atoms with E-state index < -0.39 is 0 Å². The van der Waals surface area contributed by atoms with Crippen molar-refractivity contribution in [3.63, 3.8) is 0 Å². The number of aromatic nitrogens is 1. The molecule has 0 saturated carbocycles. The van der Waals surface area contributed by atoms with Gasteiger partial charge in [-0.05, 0) is 48.8 Å². The number of hydrogen-bond acceptors (Lipinski definition) is 3. The molecule has 0 bridgehead atoms. The van der Waals surface area contributed by atoms with E-state index in [9.17, 15) is 5.21 Å². The third-order valence-corrected chi connectivity index (χ3v) is 3.94. The Labute approximate surface area is 148 Å². The van der Waals surface area contributed by atoms with Crippen LogP contribution in [0.4, 0.5) is 0 Å². The molecule has 3 rings (SSSR count). The van der Waals surface area contributed by atoms with Crippen LogP contribution in [0, 0.1) is 13.8 Å². The van der Waals surface area contributed by atoms with E-state index in [0.29, 0.717) is 5.71 Å². The molecule has 0 radical (unpaired) electrons.